The van der Waals surface area contributed by atoms with Crippen molar-refractivity contribution in [1.29, 1.82) is 0 Å². The number of rotatable bonds is 9. The number of esters is 2. The van der Waals surface area contributed by atoms with Gasteiger partial charge in [0.25, 0.3) is 0 Å². The van der Waals surface area contributed by atoms with Crippen molar-refractivity contribution in [3.63, 3.8) is 0 Å². The molecule has 0 radical (unpaired) electrons. The highest BCUT2D eigenvalue weighted by molar-refractivity contribution is 7.99. The Bertz CT molecular complexity index is 1140. The Balaban J connectivity index is 1.77. The summed E-state index contributed by atoms with van der Waals surface area (Å²) in [7, 11) is 2.46. The molecule has 0 unspecified atom stereocenters. The second kappa shape index (κ2) is 10.4. The van der Waals surface area contributed by atoms with Crippen LogP contribution in [0.1, 0.15) is 20.7 Å². The fraction of sp³-hybridized carbons (Fsp3) is 0.190. The minimum atomic E-state index is -0.654. The number of ether oxygens (including phenoxy) is 2. The van der Waals surface area contributed by atoms with Gasteiger partial charge in [0.15, 0.2) is 10.9 Å². The highest BCUT2D eigenvalue weighted by atomic mass is 32.2. The molecule has 0 aliphatic carbocycles. The van der Waals surface area contributed by atoms with Crippen molar-refractivity contribution >= 4 is 35.3 Å². The van der Waals surface area contributed by atoms with E-state index in [4.69, 9.17) is 13.9 Å². The van der Waals surface area contributed by atoms with E-state index in [1.807, 2.05) is 0 Å². The quantitative estimate of drug-likeness (QED) is 0.294. The van der Waals surface area contributed by atoms with Gasteiger partial charge in [-0.1, -0.05) is 17.8 Å². The van der Waals surface area contributed by atoms with Gasteiger partial charge in [0.1, 0.15) is 0 Å². The van der Waals surface area contributed by atoms with Gasteiger partial charge in [-0.3, -0.25) is 9.36 Å². The summed E-state index contributed by atoms with van der Waals surface area (Å²) in [6, 6.07) is 7.65. The lowest BCUT2D eigenvalue weighted by Gasteiger charge is -2.11. The lowest BCUT2D eigenvalue weighted by atomic mass is 10.1. The second-order valence-corrected chi connectivity index (χ2v) is 7.21. The summed E-state index contributed by atoms with van der Waals surface area (Å²) < 4.78 is 16.6. The molecule has 3 aromatic rings. The van der Waals surface area contributed by atoms with E-state index in [0.29, 0.717) is 23.3 Å². The average Bonchev–Trinajstić information content (AvgIpc) is 3.47. The number of aromatic nitrogens is 3. The van der Waals surface area contributed by atoms with Crippen molar-refractivity contribution in [2.75, 3.05) is 25.3 Å². The summed E-state index contributed by atoms with van der Waals surface area (Å²) in [5.41, 5.74) is 0.416. The van der Waals surface area contributed by atoms with Crippen LogP contribution in [-0.2, 0) is 20.8 Å². The molecule has 0 aliphatic heterocycles. The summed E-state index contributed by atoms with van der Waals surface area (Å²) in [5, 5.41) is 11.4. The summed E-state index contributed by atoms with van der Waals surface area (Å²) in [4.78, 5) is 36.5. The zero-order valence-corrected chi connectivity index (χ0v) is 18.2. The average molecular weight is 456 g/mol. The Kier molecular flexibility index (Phi) is 7.45. The van der Waals surface area contributed by atoms with Gasteiger partial charge in [0.05, 0.1) is 43.0 Å². The van der Waals surface area contributed by atoms with Gasteiger partial charge < -0.3 is 19.2 Å². The van der Waals surface area contributed by atoms with Crippen molar-refractivity contribution in [2.24, 2.45) is 0 Å². The number of carbonyl (C=O) groups is 3. The predicted molar refractivity (Wildman–Crippen MR) is 116 cm³/mol. The maximum Gasteiger partial charge on any atom is 0.339 e. The van der Waals surface area contributed by atoms with Crippen LogP contribution in [0.15, 0.2) is 58.8 Å². The molecule has 10 nitrogen and oxygen atoms in total. The lowest BCUT2D eigenvalue weighted by Crippen LogP contribution is -2.18. The van der Waals surface area contributed by atoms with E-state index in [9.17, 15) is 14.4 Å². The number of anilines is 1. The van der Waals surface area contributed by atoms with Crippen molar-refractivity contribution in [2.45, 2.75) is 11.7 Å². The Morgan fingerprint density at radius 1 is 1.19 bits per heavy atom. The monoisotopic (exact) mass is 456 g/mol. The second-order valence-electron chi connectivity index (χ2n) is 6.26. The van der Waals surface area contributed by atoms with E-state index in [2.05, 4.69) is 22.1 Å². The van der Waals surface area contributed by atoms with Crippen LogP contribution < -0.4 is 5.32 Å². The third kappa shape index (κ3) is 5.06. The minimum absolute atomic E-state index is 0.0313. The maximum absolute atomic E-state index is 12.6. The number of hydrogen-bond donors (Lipinski definition) is 1. The van der Waals surface area contributed by atoms with Crippen LogP contribution in [0, 0.1) is 0 Å². The molecule has 11 heteroatoms. The number of allylic oxidation sites excluding steroid dienone is 1. The molecular weight excluding hydrogens is 436 g/mol. The van der Waals surface area contributed by atoms with Crippen molar-refractivity contribution < 1.29 is 28.3 Å². The van der Waals surface area contributed by atoms with Gasteiger partial charge in [-0.15, -0.1) is 16.8 Å². The Morgan fingerprint density at radius 3 is 2.62 bits per heavy atom. The van der Waals surface area contributed by atoms with E-state index in [0.717, 1.165) is 11.8 Å². The highest BCUT2D eigenvalue weighted by Crippen LogP contribution is 2.25. The standard InChI is InChI=1S/C21H20N4O6S/c1-4-9-25-18(16-6-5-10-31-16)23-24-21(25)32-12-17(26)22-15-11-13(19(27)29-2)7-8-14(15)20(28)30-3/h4-8,10-11H,1,9,12H2,2-3H3,(H,22,26). The Labute approximate surface area is 187 Å². The van der Waals surface area contributed by atoms with Gasteiger partial charge in [-0.2, -0.15) is 0 Å². The molecule has 2 heterocycles. The third-order valence-electron chi connectivity index (χ3n) is 4.22. The van der Waals surface area contributed by atoms with Crippen LogP contribution in [0.2, 0.25) is 0 Å². The molecular formula is C21H20N4O6S. The molecule has 0 saturated heterocycles. The molecule has 166 valence electrons. The summed E-state index contributed by atoms with van der Waals surface area (Å²) >= 11 is 1.15. The van der Waals surface area contributed by atoms with Crippen LogP contribution in [-0.4, -0.2) is 52.6 Å². The number of nitrogens with zero attached hydrogens (tertiary/aromatic N) is 3. The number of methoxy groups -OCH3 is 2. The smallest absolute Gasteiger partial charge is 0.339 e. The lowest BCUT2D eigenvalue weighted by molar-refractivity contribution is -0.113. The number of furan rings is 1. The van der Waals surface area contributed by atoms with E-state index < -0.39 is 17.8 Å². The largest absolute Gasteiger partial charge is 0.465 e. The number of benzene rings is 1. The summed E-state index contributed by atoms with van der Waals surface area (Å²) in [5.74, 6) is -0.659. The van der Waals surface area contributed by atoms with Gasteiger partial charge in [0, 0.05) is 6.54 Å². The highest BCUT2D eigenvalue weighted by Gasteiger charge is 2.19. The van der Waals surface area contributed by atoms with E-state index in [1.165, 1.54) is 38.7 Å². The first-order valence-electron chi connectivity index (χ1n) is 9.29. The molecule has 1 N–H and O–H groups in total. The minimum Gasteiger partial charge on any atom is -0.465 e. The molecule has 0 aliphatic rings. The zero-order valence-electron chi connectivity index (χ0n) is 17.4. The summed E-state index contributed by atoms with van der Waals surface area (Å²) in [6.45, 7) is 4.15. The summed E-state index contributed by atoms with van der Waals surface area (Å²) in [6.07, 6.45) is 3.21. The molecule has 0 atom stereocenters. The first-order valence-corrected chi connectivity index (χ1v) is 10.3. The number of hydrogen-bond acceptors (Lipinski definition) is 9. The molecule has 0 bridgehead atoms. The Hall–Kier alpha value is -3.86. The van der Waals surface area contributed by atoms with Gasteiger partial charge in [-0.05, 0) is 30.3 Å². The molecule has 1 aromatic carbocycles. The van der Waals surface area contributed by atoms with Crippen molar-refractivity contribution in [3.8, 4) is 11.6 Å². The number of carbonyl (C=O) groups excluding carboxylic acids is 3. The normalized spacial score (nSPS) is 10.4. The fourth-order valence-electron chi connectivity index (χ4n) is 2.77. The van der Waals surface area contributed by atoms with Crippen LogP contribution in [0.3, 0.4) is 0 Å². The van der Waals surface area contributed by atoms with E-state index in [1.54, 1.807) is 22.8 Å². The van der Waals surface area contributed by atoms with Crippen molar-refractivity contribution in [3.05, 3.63) is 60.4 Å². The number of thioether (sulfide) groups is 1. The SMILES string of the molecule is C=CCn1c(SCC(=O)Nc2cc(C(=O)OC)ccc2C(=O)OC)nnc1-c1ccco1. The molecule has 2 aromatic heterocycles. The van der Waals surface area contributed by atoms with Crippen LogP contribution in [0.5, 0.6) is 0 Å². The molecule has 0 fully saturated rings. The Morgan fingerprint density at radius 2 is 1.97 bits per heavy atom. The predicted octanol–water partition coefficient (Wildman–Crippen LogP) is 3.03. The molecule has 0 saturated carbocycles. The first kappa shape index (κ1) is 22.8. The zero-order chi connectivity index (χ0) is 23.1. The maximum atomic E-state index is 12.6. The van der Waals surface area contributed by atoms with Gasteiger partial charge >= 0.3 is 11.9 Å². The van der Waals surface area contributed by atoms with Crippen molar-refractivity contribution in [1.82, 2.24) is 14.8 Å². The van der Waals surface area contributed by atoms with Gasteiger partial charge in [-0.25, -0.2) is 9.59 Å². The molecule has 1 amide bonds. The number of nitrogens with one attached hydrogen (secondary N) is 1. The molecule has 3 rings (SSSR count). The van der Waals surface area contributed by atoms with Gasteiger partial charge in [0.2, 0.25) is 11.7 Å². The molecule has 32 heavy (non-hydrogen) atoms. The van der Waals surface area contributed by atoms with Crippen LogP contribution >= 0.6 is 11.8 Å². The van der Waals surface area contributed by atoms with Crippen LogP contribution in [0.25, 0.3) is 11.6 Å². The topological polar surface area (TPSA) is 126 Å². The van der Waals surface area contributed by atoms with E-state index in [-0.39, 0.29) is 22.6 Å². The third-order valence-corrected chi connectivity index (χ3v) is 5.19. The van der Waals surface area contributed by atoms with E-state index >= 15 is 0 Å². The molecule has 0 spiro atoms. The first-order chi connectivity index (χ1) is 15.5. The van der Waals surface area contributed by atoms with Crippen LogP contribution in [0.4, 0.5) is 5.69 Å². The fourth-order valence-corrected chi connectivity index (χ4v) is 3.52. The number of amides is 1.